The van der Waals surface area contributed by atoms with Crippen molar-refractivity contribution in [2.75, 3.05) is 26.8 Å². The first kappa shape index (κ1) is 17.7. The van der Waals surface area contributed by atoms with E-state index >= 15 is 0 Å². The van der Waals surface area contributed by atoms with Crippen LogP contribution < -0.4 is 10.1 Å². The van der Waals surface area contributed by atoms with Gasteiger partial charge < -0.3 is 14.8 Å². The maximum atomic E-state index is 6.02. The van der Waals surface area contributed by atoms with E-state index in [1.165, 1.54) is 12.0 Å². The van der Waals surface area contributed by atoms with Crippen LogP contribution in [0.15, 0.2) is 42.7 Å². The smallest absolute Gasteiger partial charge is 0.126 e. The van der Waals surface area contributed by atoms with Gasteiger partial charge in [-0.1, -0.05) is 30.4 Å². The fourth-order valence-electron chi connectivity index (χ4n) is 3.35. The van der Waals surface area contributed by atoms with Crippen LogP contribution in [0, 0.1) is 5.92 Å². The standard InChI is InChI=1S/C20H27N3O2/c1-23-15-18(14-22-23)20-17(9-6-12-25-20)13-21-11-5-8-16-7-3-4-10-19(16)24-2/h3-5,7-8,10,14-15,17,20-21H,6,9,11-13H2,1-2H3/b8-5+/t17-,20+/m0/s1. The Morgan fingerprint density at radius 3 is 3.08 bits per heavy atom. The average molecular weight is 341 g/mol. The lowest BCUT2D eigenvalue weighted by molar-refractivity contribution is -0.0275. The highest BCUT2D eigenvalue weighted by Gasteiger charge is 2.27. The van der Waals surface area contributed by atoms with Gasteiger partial charge in [0.05, 0.1) is 19.4 Å². The first-order valence-electron chi connectivity index (χ1n) is 8.88. The van der Waals surface area contributed by atoms with Crippen molar-refractivity contribution in [2.24, 2.45) is 13.0 Å². The summed E-state index contributed by atoms with van der Waals surface area (Å²) in [5.41, 5.74) is 2.28. The summed E-state index contributed by atoms with van der Waals surface area (Å²) in [5, 5.41) is 7.81. The number of aryl methyl sites for hydroxylation is 1. The third kappa shape index (κ3) is 4.71. The zero-order chi connectivity index (χ0) is 17.5. The van der Waals surface area contributed by atoms with Crippen LogP contribution in [0.3, 0.4) is 0 Å². The van der Waals surface area contributed by atoms with E-state index in [0.29, 0.717) is 5.92 Å². The van der Waals surface area contributed by atoms with Crippen LogP contribution in [0.25, 0.3) is 6.08 Å². The molecule has 1 fully saturated rings. The molecule has 2 aromatic rings. The molecule has 0 saturated carbocycles. The highest BCUT2D eigenvalue weighted by molar-refractivity contribution is 5.57. The second-order valence-electron chi connectivity index (χ2n) is 6.44. The molecule has 1 aliphatic heterocycles. The Kier molecular flexibility index (Phi) is 6.25. The number of rotatable bonds is 7. The number of aromatic nitrogens is 2. The molecule has 5 heteroatoms. The van der Waals surface area contributed by atoms with Crippen molar-refractivity contribution in [3.8, 4) is 5.75 Å². The molecule has 1 aromatic carbocycles. The minimum atomic E-state index is 0.146. The molecule has 1 aromatic heterocycles. The molecule has 134 valence electrons. The average Bonchev–Trinajstić information content (AvgIpc) is 3.08. The zero-order valence-corrected chi connectivity index (χ0v) is 15.0. The summed E-state index contributed by atoms with van der Waals surface area (Å²) >= 11 is 0. The Balaban J connectivity index is 1.51. The number of benzene rings is 1. The SMILES string of the molecule is COc1ccccc1/C=C/CNC[C@@H]1CCCO[C@H]1c1cnn(C)c1. The van der Waals surface area contributed by atoms with Crippen LogP contribution >= 0.6 is 0 Å². The molecule has 0 spiro atoms. The molecule has 5 nitrogen and oxygen atoms in total. The van der Waals surface area contributed by atoms with Crippen LogP contribution in [-0.2, 0) is 11.8 Å². The lowest BCUT2D eigenvalue weighted by atomic mass is 9.91. The molecule has 0 aliphatic carbocycles. The third-order valence-electron chi connectivity index (χ3n) is 4.60. The Bertz CT molecular complexity index is 696. The highest BCUT2D eigenvalue weighted by atomic mass is 16.5. The molecule has 25 heavy (non-hydrogen) atoms. The fourth-order valence-corrected chi connectivity index (χ4v) is 3.35. The monoisotopic (exact) mass is 341 g/mol. The van der Waals surface area contributed by atoms with Crippen LogP contribution in [0.5, 0.6) is 5.75 Å². The van der Waals surface area contributed by atoms with Crippen molar-refractivity contribution >= 4 is 6.08 Å². The molecule has 2 heterocycles. The van der Waals surface area contributed by atoms with Gasteiger partial charge >= 0.3 is 0 Å². The van der Waals surface area contributed by atoms with Crippen LogP contribution in [-0.4, -0.2) is 36.6 Å². The quantitative estimate of drug-likeness (QED) is 0.786. The van der Waals surface area contributed by atoms with Crippen LogP contribution in [0.1, 0.15) is 30.1 Å². The van der Waals surface area contributed by atoms with E-state index in [1.54, 1.807) is 7.11 Å². The fraction of sp³-hybridized carbons (Fsp3) is 0.450. The van der Waals surface area contributed by atoms with Crippen LogP contribution in [0.4, 0.5) is 0 Å². The van der Waals surface area contributed by atoms with Gasteiger partial charge in [0.2, 0.25) is 0 Å². The minimum Gasteiger partial charge on any atom is -0.496 e. The maximum absolute atomic E-state index is 6.02. The van der Waals surface area contributed by atoms with E-state index in [0.717, 1.165) is 37.4 Å². The Hall–Kier alpha value is -2.11. The number of methoxy groups -OCH3 is 1. The Morgan fingerprint density at radius 1 is 1.40 bits per heavy atom. The van der Waals surface area contributed by atoms with Gasteiger partial charge in [-0.05, 0) is 18.9 Å². The summed E-state index contributed by atoms with van der Waals surface area (Å²) in [5.74, 6) is 1.38. The van der Waals surface area contributed by atoms with Crippen molar-refractivity contribution in [2.45, 2.75) is 18.9 Å². The lowest BCUT2D eigenvalue weighted by Crippen LogP contribution is -2.31. The first-order chi connectivity index (χ1) is 12.3. The normalized spacial score (nSPS) is 20.9. The molecule has 0 bridgehead atoms. The van der Waals surface area contributed by atoms with Crippen molar-refractivity contribution in [3.05, 3.63) is 53.9 Å². The molecule has 1 aliphatic rings. The molecule has 0 radical (unpaired) electrons. The van der Waals surface area contributed by atoms with Crippen molar-refractivity contribution < 1.29 is 9.47 Å². The maximum Gasteiger partial charge on any atom is 0.126 e. The third-order valence-corrected chi connectivity index (χ3v) is 4.60. The Morgan fingerprint density at radius 2 is 2.28 bits per heavy atom. The van der Waals surface area contributed by atoms with Crippen LogP contribution in [0.2, 0.25) is 0 Å². The molecule has 2 atom stereocenters. The molecule has 3 rings (SSSR count). The van der Waals surface area contributed by atoms with Gasteiger partial charge in [0.1, 0.15) is 5.75 Å². The minimum absolute atomic E-state index is 0.146. The van der Waals surface area contributed by atoms with Crippen molar-refractivity contribution in [1.82, 2.24) is 15.1 Å². The largest absolute Gasteiger partial charge is 0.496 e. The van der Waals surface area contributed by atoms with E-state index in [4.69, 9.17) is 9.47 Å². The number of nitrogens with one attached hydrogen (secondary N) is 1. The summed E-state index contributed by atoms with van der Waals surface area (Å²) in [6, 6.07) is 8.04. The summed E-state index contributed by atoms with van der Waals surface area (Å²) in [6.07, 6.45) is 10.7. The van der Waals surface area contributed by atoms with E-state index < -0.39 is 0 Å². The van der Waals surface area contributed by atoms with E-state index in [9.17, 15) is 0 Å². The summed E-state index contributed by atoms with van der Waals surface area (Å²) in [6.45, 7) is 2.61. The molecular formula is C20H27N3O2. The number of para-hydroxylation sites is 1. The predicted molar refractivity (Wildman–Crippen MR) is 99.5 cm³/mol. The Labute approximate surface area is 149 Å². The lowest BCUT2D eigenvalue weighted by Gasteiger charge is -2.31. The van der Waals surface area contributed by atoms with Gasteiger partial charge in [-0.15, -0.1) is 0 Å². The zero-order valence-electron chi connectivity index (χ0n) is 15.0. The van der Waals surface area contributed by atoms with Crippen molar-refractivity contribution in [3.63, 3.8) is 0 Å². The summed E-state index contributed by atoms with van der Waals surface area (Å²) in [7, 11) is 3.65. The van der Waals surface area contributed by atoms with Gasteiger partial charge in [-0.3, -0.25) is 4.68 Å². The van der Waals surface area contributed by atoms with Gasteiger partial charge in [0, 0.05) is 50.0 Å². The number of nitrogens with zero attached hydrogens (tertiary/aromatic N) is 2. The number of ether oxygens (including phenoxy) is 2. The molecule has 1 N–H and O–H groups in total. The molecular weight excluding hydrogens is 314 g/mol. The van der Waals surface area contributed by atoms with Gasteiger partial charge in [-0.2, -0.15) is 5.10 Å². The first-order valence-corrected chi connectivity index (χ1v) is 8.88. The predicted octanol–water partition coefficient (Wildman–Crippen LogP) is 3.20. The van der Waals surface area contributed by atoms with E-state index in [2.05, 4.69) is 34.8 Å². The second kappa shape index (κ2) is 8.83. The van der Waals surface area contributed by atoms with Gasteiger partial charge in [-0.25, -0.2) is 0 Å². The van der Waals surface area contributed by atoms with Crippen molar-refractivity contribution in [1.29, 1.82) is 0 Å². The topological polar surface area (TPSA) is 48.3 Å². The molecule has 0 unspecified atom stereocenters. The summed E-state index contributed by atoms with van der Waals surface area (Å²) in [4.78, 5) is 0. The number of hydrogen-bond acceptors (Lipinski definition) is 4. The molecule has 1 saturated heterocycles. The number of hydrogen-bond donors (Lipinski definition) is 1. The molecule has 0 amide bonds. The second-order valence-corrected chi connectivity index (χ2v) is 6.44. The summed E-state index contributed by atoms with van der Waals surface area (Å²) < 4.78 is 13.2. The van der Waals surface area contributed by atoms with E-state index in [-0.39, 0.29) is 6.10 Å². The highest BCUT2D eigenvalue weighted by Crippen LogP contribution is 2.32. The van der Waals surface area contributed by atoms with Gasteiger partial charge in [0.25, 0.3) is 0 Å². The van der Waals surface area contributed by atoms with Gasteiger partial charge in [0.15, 0.2) is 0 Å². The van der Waals surface area contributed by atoms with E-state index in [1.807, 2.05) is 36.1 Å².